The summed E-state index contributed by atoms with van der Waals surface area (Å²) >= 11 is 6.02. The monoisotopic (exact) mass is 440 g/mol. The summed E-state index contributed by atoms with van der Waals surface area (Å²) in [6.07, 6.45) is 1.13. The fraction of sp³-hybridized carbons (Fsp3) is 0.273. The quantitative estimate of drug-likeness (QED) is 0.696. The van der Waals surface area contributed by atoms with Gasteiger partial charge in [0.2, 0.25) is 11.8 Å². The van der Waals surface area contributed by atoms with E-state index in [1.54, 1.807) is 24.3 Å². The maximum Gasteiger partial charge on any atom is 0.325 e. The van der Waals surface area contributed by atoms with Crippen molar-refractivity contribution in [3.8, 4) is 0 Å². The molecule has 0 aromatic heterocycles. The van der Waals surface area contributed by atoms with Gasteiger partial charge in [-0.05, 0) is 36.1 Å². The van der Waals surface area contributed by atoms with E-state index in [-0.39, 0.29) is 6.54 Å². The van der Waals surface area contributed by atoms with E-state index in [2.05, 4.69) is 10.6 Å². The minimum absolute atomic E-state index is 0.248. The van der Waals surface area contributed by atoms with E-state index in [1.807, 2.05) is 24.3 Å². The lowest BCUT2D eigenvalue weighted by molar-refractivity contribution is -0.139. The lowest BCUT2D eigenvalue weighted by atomic mass is 9.92. The van der Waals surface area contributed by atoms with E-state index in [0.717, 1.165) is 16.0 Å². The van der Waals surface area contributed by atoms with Crippen LogP contribution in [0.25, 0.3) is 0 Å². The highest BCUT2D eigenvalue weighted by atomic mass is 35.5. The predicted octanol–water partition coefficient (Wildman–Crippen LogP) is 2.13. The van der Waals surface area contributed by atoms with Crippen molar-refractivity contribution in [2.24, 2.45) is 0 Å². The Morgan fingerprint density at radius 3 is 2.65 bits per heavy atom. The Bertz CT molecular complexity index is 1090. The van der Waals surface area contributed by atoms with Crippen molar-refractivity contribution in [2.45, 2.75) is 18.4 Å². The summed E-state index contributed by atoms with van der Waals surface area (Å²) < 4.78 is 0. The number of anilines is 1. The summed E-state index contributed by atoms with van der Waals surface area (Å²) in [6.45, 7) is -0.688. The van der Waals surface area contributed by atoms with Gasteiger partial charge in [-0.15, -0.1) is 0 Å². The topological polar surface area (TPSA) is 98.8 Å². The number of nitrogens with one attached hydrogen (secondary N) is 2. The van der Waals surface area contributed by atoms with Gasteiger partial charge in [-0.1, -0.05) is 48.0 Å². The molecule has 1 aliphatic carbocycles. The zero-order valence-electron chi connectivity index (χ0n) is 16.9. The van der Waals surface area contributed by atoms with Crippen LogP contribution in [0.3, 0.4) is 0 Å². The average Bonchev–Trinajstić information content (AvgIpc) is 3.23. The molecule has 31 heavy (non-hydrogen) atoms. The molecule has 5 amide bonds. The SMILES string of the molecule is CN(CC(=O)Nc1ccccc1Cl)C(=O)CN1C(=O)NC2(CCc3ccccc32)C1=O. The first-order valence-electron chi connectivity index (χ1n) is 9.82. The van der Waals surface area contributed by atoms with Gasteiger partial charge in [0.25, 0.3) is 5.91 Å². The summed E-state index contributed by atoms with van der Waals surface area (Å²) in [4.78, 5) is 52.7. The Morgan fingerprint density at radius 2 is 1.87 bits per heavy atom. The van der Waals surface area contributed by atoms with Gasteiger partial charge in [-0.3, -0.25) is 19.3 Å². The average molecular weight is 441 g/mol. The highest BCUT2D eigenvalue weighted by molar-refractivity contribution is 6.33. The summed E-state index contributed by atoms with van der Waals surface area (Å²) in [6, 6.07) is 13.6. The Labute approximate surface area is 184 Å². The highest BCUT2D eigenvalue weighted by Gasteiger charge is 2.55. The third kappa shape index (κ3) is 3.74. The van der Waals surface area contributed by atoms with Crippen molar-refractivity contribution in [2.75, 3.05) is 25.5 Å². The number of amides is 5. The van der Waals surface area contributed by atoms with Crippen LogP contribution in [-0.4, -0.2) is 53.7 Å². The number of benzene rings is 2. The second-order valence-corrected chi connectivity index (χ2v) is 8.07. The summed E-state index contributed by atoms with van der Waals surface area (Å²) in [5.74, 6) is -1.41. The number of rotatable bonds is 5. The molecule has 4 rings (SSSR count). The molecule has 1 heterocycles. The van der Waals surface area contributed by atoms with Gasteiger partial charge in [0.1, 0.15) is 12.1 Å². The number of likely N-dealkylation sites (N-methyl/N-ethyl adjacent to an activating group) is 1. The molecule has 1 saturated heterocycles. The zero-order valence-corrected chi connectivity index (χ0v) is 17.6. The zero-order chi connectivity index (χ0) is 22.2. The number of urea groups is 1. The van der Waals surface area contributed by atoms with Gasteiger partial charge in [0.05, 0.1) is 17.3 Å². The maximum absolute atomic E-state index is 13.1. The number of hydrogen-bond acceptors (Lipinski definition) is 4. The number of hydrogen-bond donors (Lipinski definition) is 2. The molecule has 8 nitrogen and oxygen atoms in total. The molecule has 2 aliphatic rings. The Balaban J connectivity index is 1.40. The molecule has 2 aromatic rings. The molecule has 0 radical (unpaired) electrons. The minimum atomic E-state index is -1.12. The first kappa shape index (κ1) is 20.9. The molecule has 1 fully saturated rings. The first-order chi connectivity index (χ1) is 14.8. The fourth-order valence-corrected chi connectivity index (χ4v) is 4.23. The molecule has 1 unspecified atom stereocenters. The number of carbonyl (C=O) groups excluding carboxylic acids is 4. The number of imide groups is 1. The summed E-state index contributed by atoms with van der Waals surface area (Å²) in [5, 5.41) is 5.80. The second kappa shape index (κ2) is 8.03. The largest absolute Gasteiger partial charge is 0.335 e. The Morgan fingerprint density at radius 1 is 1.16 bits per heavy atom. The molecule has 160 valence electrons. The second-order valence-electron chi connectivity index (χ2n) is 7.66. The van der Waals surface area contributed by atoms with Gasteiger partial charge < -0.3 is 15.5 Å². The van der Waals surface area contributed by atoms with Crippen molar-refractivity contribution in [3.05, 3.63) is 64.7 Å². The maximum atomic E-state index is 13.1. The van der Waals surface area contributed by atoms with Gasteiger partial charge in [0, 0.05) is 7.05 Å². The number of carbonyl (C=O) groups is 4. The van der Waals surface area contributed by atoms with Crippen molar-refractivity contribution in [1.29, 1.82) is 0 Å². The van der Waals surface area contributed by atoms with Crippen LogP contribution in [0.2, 0.25) is 5.02 Å². The molecule has 1 atom stereocenters. The molecule has 0 saturated carbocycles. The molecule has 0 bridgehead atoms. The number of aryl methyl sites for hydroxylation is 1. The van der Waals surface area contributed by atoms with Crippen LogP contribution >= 0.6 is 11.6 Å². The molecular weight excluding hydrogens is 420 g/mol. The van der Waals surface area contributed by atoms with Crippen LogP contribution in [0.1, 0.15) is 17.5 Å². The van der Waals surface area contributed by atoms with E-state index in [0.29, 0.717) is 23.6 Å². The standard InChI is InChI=1S/C22H21ClN4O4/c1-26(12-18(28)24-17-9-5-4-8-16(17)23)19(29)13-27-20(30)22(25-21(27)31)11-10-14-6-2-3-7-15(14)22/h2-9H,10-13H2,1H3,(H,24,28)(H,25,31). The molecule has 1 spiro atoms. The van der Waals surface area contributed by atoms with Crippen LogP contribution in [0.5, 0.6) is 0 Å². The predicted molar refractivity (Wildman–Crippen MR) is 114 cm³/mol. The van der Waals surface area contributed by atoms with Gasteiger partial charge in [-0.25, -0.2) is 4.79 Å². The Kier molecular flexibility index (Phi) is 5.41. The number of halogens is 1. The lowest BCUT2D eigenvalue weighted by Crippen LogP contribution is -2.45. The third-order valence-corrected chi connectivity index (χ3v) is 6.00. The van der Waals surface area contributed by atoms with Gasteiger partial charge in [-0.2, -0.15) is 0 Å². The number of nitrogens with zero attached hydrogens (tertiary/aromatic N) is 2. The van der Waals surface area contributed by atoms with E-state index in [1.165, 1.54) is 11.9 Å². The van der Waals surface area contributed by atoms with Crippen molar-refractivity contribution < 1.29 is 19.2 Å². The van der Waals surface area contributed by atoms with E-state index >= 15 is 0 Å². The van der Waals surface area contributed by atoms with Crippen molar-refractivity contribution >= 4 is 41.0 Å². The highest BCUT2D eigenvalue weighted by Crippen LogP contribution is 2.41. The van der Waals surface area contributed by atoms with Crippen LogP contribution < -0.4 is 10.6 Å². The van der Waals surface area contributed by atoms with Gasteiger partial charge >= 0.3 is 6.03 Å². The van der Waals surface area contributed by atoms with Crippen LogP contribution in [-0.2, 0) is 26.3 Å². The van der Waals surface area contributed by atoms with E-state index < -0.39 is 35.8 Å². The molecular formula is C22H21ClN4O4. The van der Waals surface area contributed by atoms with Crippen LogP contribution in [0, 0.1) is 0 Å². The Hall–Kier alpha value is -3.39. The van der Waals surface area contributed by atoms with Crippen LogP contribution in [0.4, 0.5) is 10.5 Å². The molecule has 1 aliphatic heterocycles. The number of para-hydroxylation sites is 1. The van der Waals surface area contributed by atoms with Crippen molar-refractivity contribution in [1.82, 2.24) is 15.1 Å². The number of fused-ring (bicyclic) bond motifs is 2. The first-order valence-corrected chi connectivity index (χ1v) is 10.2. The molecule has 2 aromatic carbocycles. The normalized spacial score (nSPS) is 19.4. The summed E-state index contributed by atoms with van der Waals surface area (Å²) in [5.41, 5.74) is 1.10. The van der Waals surface area contributed by atoms with Gasteiger partial charge in [0.15, 0.2) is 0 Å². The third-order valence-electron chi connectivity index (χ3n) is 5.67. The van der Waals surface area contributed by atoms with Crippen LogP contribution in [0.15, 0.2) is 48.5 Å². The smallest absolute Gasteiger partial charge is 0.325 e. The summed E-state index contributed by atoms with van der Waals surface area (Å²) in [7, 11) is 1.44. The van der Waals surface area contributed by atoms with E-state index in [4.69, 9.17) is 11.6 Å². The van der Waals surface area contributed by atoms with E-state index in [9.17, 15) is 19.2 Å². The fourth-order valence-electron chi connectivity index (χ4n) is 4.05. The molecule has 2 N–H and O–H groups in total. The minimum Gasteiger partial charge on any atom is -0.335 e. The van der Waals surface area contributed by atoms with Crippen molar-refractivity contribution in [3.63, 3.8) is 0 Å². The molecule has 9 heteroatoms. The lowest BCUT2D eigenvalue weighted by Gasteiger charge is -2.23.